The zero-order valence-corrected chi connectivity index (χ0v) is 21.4. The fraction of sp³-hybridized carbons (Fsp3) is 0.231. The van der Waals surface area contributed by atoms with Crippen LogP contribution in [0.15, 0.2) is 54.1 Å². The maximum atomic E-state index is 13.3. The Kier molecular flexibility index (Phi) is 7.42. The van der Waals surface area contributed by atoms with Crippen LogP contribution in [0.25, 0.3) is 5.76 Å². The summed E-state index contributed by atoms with van der Waals surface area (Å²) in [7, 11) is 1.25. The molecule has 1 atom stereocenters. The molecule has 1 fully saturated rings. The molecule has 0 aliphatic carbocycles. The fourth-order valence-corrected chi connectivity index (χ4v) is 5.00. The summed E-state index contributed by atoms with van der Waals surface area (Å²) in [5, 5.41) is 11.9. The van der Waals surface area contributed by atoms with Crippen LogP contribution in [0.1, 0.15) is 45.9 Å². The van der Waals surface area contributed by atoms with Crippen molar-refractivity contribution in [1.29, 1.82) is 0 Å². The Morgan fingerprint density at radius 2 is 1.92 bits per heavy atom. The molecule has 1 aliphatic heterocycles. The molecule has 186 valence electrons. The molecule has 1 aromatic heterocycles. The number of hydrogen-bond acceptors (Lipinski definition) is 8. The van der Waals surface area contributed by atoms with E-state index in [2.05, 4.69) is 4.98 Å². The van der Waals surface area contributed by atoms with Gasteiger partial charge in [-0.2, -0.15) is 0 Å². The Labute approximate surface area is 216 Å². The second-order valence-electron chi connectivity index (χ2n) is 8.00. The second kappa shape index (κ2) is 10.5. The van der Waals surface area contributed by atoms with Gasteiger partial charge in [-0.3, -0.25) is 14.5 Å². The molecule has 1 saturated heterocycles. The molecule has 36 heavy (non-hydrogen) atoms. The average Bonchev–Trinajstić information content (AvgIpc) is 3.39. The molecule has 0 bridgehead atoms. The van der Waals surface area contributed by atoms with E-state index in [9.17, 15) is 19.5 Å². The highest BCUT2D eigenvalue weighted by molar-refractivity contribution is 7.17. The van der Waals surface area contributed by atoms with Crippen LogP contribution in [-0.2, 0) is 14.3 Å². The molecule has 2 heterocycles. The number of anilines is 1. The first-order valence-electron chi connectivity index (χ1n) is 11.1. The van der Waals surface area contributed by atoms with Crippen molar-refractivity contribution in [2.45, 2.75) is 26.3 Å². The van der Waals surface area contributed by atoms with Crippen molar-refractivity contribution in [2.24, 2.45) is 0 Å². The molecular formula is C26H23ClN2O6S. The van der Waals surface area contributed by atoms with Gasteiger partial charge in [0.2, 0.25) is 0 Å². The Balaban J connectivity index is 1.89. The molecule has 1 N–H and O–H groups in total. The summed E-state index contributed by atoms with van der Waals surface area (Å²) in [5.41, 5.74) is 1.11. The van der Waals surface area contributed by atoms with Gasteiger partial charge in [-0.25, -0.2) is 9.78 Å². The Bertz CT molecular complexity index is 1370. The van der Waals surface area contributed by atoms with Crippen LogP contribution in [0, 0.1) is 6.92 Å². The van der Waals surface area contributed by atoms with E-state index in [-0.39, 0.29) is 21.3 Å². The molecule has 4 rings (SSSR count). The van der Waals surface area contributed by atoms with Gasteiger partial charge in [0.15, 0.2) is 5.13 Å². The first kappa shape index (κ1) is 25.4. The summed E-state index contributed by atoms with van der Waals surface area (Å²) in [6, 6.07) is 12.3. The first-order valence-corrected chi connectivity index (χ1v) is 12.3. The minimum absolute atomic E-state index is 0.109. The minimum atomic E-state index is -1.00. The number of aryl methyl sites for hydroxylation is 1. The molecule has 1 unspecified atom stereocenters. The standard InChI is InChI=1S/C26H23ClN2O6S/c1-4-12-35-18-7-5-6-16(13-18)21(30)19-20(15-8-10-17(27)11-9-15)29(24(32)22(19)31)26-28-14(2)23(36-26)25(33)34-3/h5-11,13,20,30H,4,12H2,1-3H3/b21-19+. The largest absolute Gasteiger partial charge is 0.507 e. The summed E-state index contributed by atoms with van der Waals surface area (Å²) in [5.74, 6) is -2.17. The number of esters is 1. The van der Waals surface area contributed by atoms with Gasteiger partial charge in [-0.05, 0) is 43.2 Å². The predicted molar refractivity (Wildman–Crippen MR) is 137 cm³/mol. The lowest BCUT2D eigenvalue weighted by Crippen LogP contribution is -2.29. The van der Waals surface area contributed by atoms with Crippen molar-refractivity contribution in [3.63, 3.8) is 0 Å². The SMILES string of the molecule is CCCOc1cccc(/C(O)=C2\C(=O)C(=O)N(c3nc(C)c(C(=O)OC)s3)C2c2ccc(Cl)cc2)c1. The maximum absolute atomic E-state index is 13.3. The topological polar surface area (TPSA) is 106 Å². The number of nitrogens with zero attached hydrogens (tertiary/aromatic N) is 2. The van der Waals surface area contributed by atoms with Crippen LogP contribution >= 0.6 is 22.9 Å². The van der Waals surface area contributed by atoms with Gasteiger partial charge < -0.3 is 14.6 Å². The van der Waals surface area contributed by atoms with E-state index in [1.165, 1.54) is 12.0 Å². The van der Waals surface area contributed by atoms with Crippen molar-refractivity contribution < 1.29 is 29.0 Å². The molecule has 0 radical (unpaired) electrons. The number of thiazole rings is 1. The number of hydrogen-bond donors (Lipinski definition) is 1. The number of carbonyl (C=O) groups excluding carboxylic acids is 3. The maximum Gasteiger partial charge on any atom is 0.350 e. The van der Waals surface area contributed by atoms with Crippen LogP contribution in [0.5, 0.6) is 5.75 Å². The summed E-state index contributed by atoms with van der Waals surface area (Å²) in [4.78, 5) is 44.6. The molecule has 8 nitrogen and oxygen atoms in total. The van der Waals surface area contributed by atoms with Gasteiger partial charge in [0, 0.05) is 10.6 Å². The lowest BCUT2D eigenvalue weighted by Gasteiger charge is -2.23. The lowest BCUT2D eigenvalue weighted by atomic mass is 9.95. The van der Waals surface area contributed by atoms with Gasteiger partial charge in [-0.15, -0.1) is 0 Å². The first-order chi connectivity index (χ1) is 17.3. The molecule has 2 aromatic carbocycles. The quantitative estimate of drug-likeness (QED) is 0.192. The van der Waals surface area contributed by atoms with E-state index in [1.807, 2.05) is 6.92 Å². The lowest BCUT2D eigenvalue weighted by molar-refractivity contribution is -0.132. The van der Waals surface area contributed by atoms with Crippen LogP contribution in [0.4, 0.5) is 5.13 Å². The predicted octanol–water partition coefficient (Wildman–Crippen LogP) is 5.31. The number of ether oxygens (including phenoxy) is 2. The summed E-state index contributed by atoms with van der Waals surface area (Å²) in [6.45, 7) is 4.08. The number of halogens is 1. The third kappa shape index (κ3) is 4.72. The van der Waals surface area contributed by atoms with E-state index >= 15 is 0 Å². The number of aliphatic hydroxyl groups is 1. The molecule has 0 spiro atoms. The van der Waals surface area contributed by atoms with Crippen LogP contribution < -0.4 is 9.64 Å². The van der Waals surface area contributed by atoms with Crippen LogP contribution in [0.3, 0.4) is 0 Å². The third-order valence-electron chi connectivity index (χ3n) is 5.57. The van der Waals surface area contributed by atoms with Crippen molar-refractivity contribution >= 4 is 51.5 Å². The third-order valence-corrected chi connectivity index (χ3v) is 6.96. The fourth-order valence-electron chi connectivity index (χ4n) is 3.87. The molecule has 1 amide bonds. The highest BCUT2D eigenvalue weighted by atomic mass is 35.5. The van der Waals surface area contributed by atoms with Gasteiger partial charge in [0.05, 0.1) is 31.0 Å². The molecule has 3 aromatic rings. The number of rotatable bonds is 7. The number of benzene rings is 2. The van der Waals surface area contributed by atoms with Crippen molar-refractivity contribution in [3.05, 3.63) is 80.8 Å². The minimum Gasteiger partial charge on any atom is -0.507 e. The number of aliphatic hydroxyl groups excluding tert-OH is 1. The summed E-state index contributed by atoms with van der Waals surface area (Å²) in [6.07, 6.45) is 0.804. The van der Waals surface area contributed by atoms with Crippen molar-refractivity contribution in [1.82, 2.24) is 4.98 Å². The van der Waals surface area contributed by atoms with E-state index < -0.39 is 23.7 Å². The molecule has 1 aliphatic rings. The van der Waals surface area contributed by atoms with E-state index in [0.717, 1.165) is 17.8 Å². The highest BCUT2D eigenvalue weighted by Gasteiger charge is 2.48. The van der Waals surface area contributed by atoms with Gasteiger partial charge in [0.1, 0.15) is 16.4 Å². The average molecular weight is 527 g/mol. The van der Waals surface area contributed by atoms with E-state index in [0.29, 0.717) is 34.2 Å². The van der Waals surface area contributed by atoms with Gasteiger partial charge in [0.25, 0.3) is 5.78 Å². The zero-order chi connectivity index (χ0) is 26.0. The van der Waals surface area contributed by atoms with E-state index in [4.69, 9.17) is 21.1 Å². The Morgan fingerprint density at radius 3 is 2.58 bits per heavy atom. The second-order valence-corrected chi connectivity index (χ2v) is 9.41. The van der Waals surface area contributed by atoms with E-state index in [1.54, 1.807) is 55.5 Å². The number of methoxy groups -OCH3 is 1. The number of ketones is 1. The van der Waals surface area contributed by atoms with Crippen LogP contribution in [-0.4, -0.2) is 41.5 Å². The van der Waals surface area contributed by atoms with Gasteiger partial charge >= 0.3 is 11.9 Å². The smallest absolute Gasteiger partial charge is 0.350 e. The van der Waals surface area contributed by atoms with Crippen LogP contribution in [0.2, 0.25) is 5.02 Å². The Hall–Kier alpha value is -3.69. The summed E-state index contributed by atoms with van der Waals surface area (Å²) < 4.78 is 10.5. The molecule has 10 heteroatoms. The summed E-state index contributed by atoms with van der Waals surface area (Å²) >= 11 is 7.01. The zero-order valence-electron chi connectivity index (χ0n) is 19.8. The number of aromatic nitrogens is 1. The molecular weight excluding hydrogens is 504 g/mol. The Morgan fingerprint density at radius 1 is 1.19 bits per heavy atom. The highest BCUT2D eigenvalue weighted by Crippen LogP contribution is 2.44. The monoisotopic (exact) mass is 526 g/mol. The number of amides is 1. The number of Topliss-reactive ketones (excluding diaryl/α,β-unsaturated/α-hetero) is 1. The van der Waals surface area contributed by atoms with Gasteiger partial charge in [-0.1, -0.05) is 54.1 Å². The number of carbonyl (C=O) groups is 3. The van der Waals surface area contributed by atoms with Crippen molar-refractivity contribution in [2.75, 3.05) is 18.6 Å². The normalized spacial score (nSPS) is 16.9. The molecule has 0 saturated carbocycles. The van der Waals surface area contributed by atoms with Crippen molar-refractivity contribution in [3.8, 4) is 5.75 Å².